The number of sulfonamides is 1. The van der Waals surface area contributed by atoms with Crippen LogP contribution in [0.5, 0.6) is 0 Å². The van der Waals surface area contributed by atoms with Gasteiger partial charge >= 0.3 is 0 Å². The van der Waals surface area contributed by atoms with Crippen LogP contribution in [0, 0.1) is 17.7 Å². The van der Waals surface area contributed by atoms with E-state index in [1.807, 2.05) is 6.07 Å². The van der Waals surface area contributed by atoms with Crippen LogP contribution in [0.4, 0.5) is 4.39 Å². The largest absolute Gasteiger partial charge is 0.370 e. The van der Waals surface area contributed by atoms with E-state index >= 15 is 0 Å². The van der Waals surface area contributed by atoms with Crippen LogP contribution in [0.2, 0.25) is 10.0 Å². The van der Waals surface area contributed by atoms with E-state index in [0.29, 0.717) is 36.4 Å². The molecule has 7 nitrogen and oxygen atoms in total. The number of benzene rings is 2. The number of hydrogen-bond donors (Lipinski definition) is 1. The lowest BCUT2D eigenvalue weighted by Gasteiger charge is -2.37. The first-order chi connectivity index (χ1) is 19.6. The highest BCUT2D eigenvalue weighted by atomic mass is 35.5. The van der Waals surface area contributed by atoms with Crippen molar-refractivity contribution in [2.75, 3.05) is 40.4 Å². The maximum absolute atomic E-state index is 13.8. The molecular weight excluding hydrogens is 588 g/mol. The molecule has 1 saturated carbocycles. The van der Waals surface area contributed by atoms with Gasteiger partial charge in [0.25, 0.3) is 0 Å². The number of rotatable bonds is 12. The SMILES string of the molecule is CN(C)C(c1cccc(F)c1)C1CCC(CCNC(=O)COCC2CCCN2S(=O)(=O)c2ccc(Cl)c(Cl)c2)CC1. The van der Waals surface area contributed by atoms with Crippen molar-refractivity contribution in [3.05, 3.63) is 63.9 Å². The minimum Gasteiger partial charge on any atom is -0.370 e. The zero-order valence-electron chi connectivity index (χ0n) is 23.7. The summed E-state index contributed by atoms with van der Waals surface area (Å²) in [6, 6.07) is 11.1. The number of halogens is 3. The molecule has 2 aromatic rings. The predicted molar refractivity (Wildman–Crippen MR) is 160 cm³/mol. The first-order valence-electron chi connectivity index (χ1n) is 14.3. The fourth-order valence-corrected chi connectivity index (χ4v) is 8.36. The van der Waals surface area contributed by atoms with Crippen LogP contribution in [0.1, 0.15) is 56.6 Å². The summed E-state index contributed by atoms with van der Waals surface area (Å²) in [5, 5.41) is 3.43. The fraction of sp³-hybridized carbons (Fsp3) is 0.567. The van der Waals surface area contributed by atoms with E-state index in [9.17, 15) is 17.6 Å². The van der Waals surface area contributed by atoms with E-state index in [2.05, 4.69) is 24.3 Å². The second kappa shape index (κ2) is 14.6. The Hall–Kier alpha value is -1.75. The van der Waals surface area contributed by atoms with Crippen molar-refractivity contribution < 1.29 is 22.3 Å². The van der Waals surface area contributed by atoms with Gasteiger partial charge in [-0.1, -0.05) is 48.2 Å². The minimum atomic E-state index is -3.75. The molecule has 0 radical (unpaired) electrons. The first-order valence-corrected chi connectivity index (χ1v) is 16.5. The fourth-order valence-electron chi connectivity index (χ4n) is 6.29. The smallest absolute Gasteiger partial charge is 0.245 e. The lowest BCUT2D eigenvalue weighted by molar-refractivity contribution is -0.126. The third-order valence-electron chi connectivity index (χ3n) is 8.32. The lowest BCUT2D eigenvalue weighted by Crippen LogP contribution is -2.39. The zero-order chi connectivity index (χ0) is 29.6. The van der Waals surface area contributed by atoms with Gasteiger partial charge in [0.2, 0.25) is 15.9 Å². The number of carbonyl (C=O) groups is 1. The van der Waals surface area contributed by atoms with E-state index in [1.165, 1.54) is 28.6 Å². The van der Waals surface area contributed by atoms with E-state index in [0.717, 1.165) is 44.1 Å². The Labute approximate surface area is 253 Å². The number of carbonyl (C=O) groups excluding carboxylic acids is 1. The molecular formula is C30H40Cl2FN3O4S. The van der Waals surface area contributed by atoms with Crippen molar-refractivity contribution >= 4 is 39.1 Å². The monoisotopic (exact) mass is 627 g/mol. The highest BCUT2D eigenvalue weighted by molar-refractivity contribution is 7.89. The van der Waals surface area contributed by atoms with Gasteiger partial charge in [-0.05, 0) is 93.9 Å². The molecule has 4 rings (SSSR count). The molecule has 2 aliphatic rings. The molecule has 1 saturated heterocycles. The Morgan fingerprint density at radius 1 is 1.10 bits per heavy atom. The maximum atomic E-state index is 13.8. The lowest BCUT2D eigenvalue weighted by atomic mass is 9.75. The summed E-state index contributed by atoms with van der Waals surface area (Å²) in [5.41, 5.74) is 1.03. The highest BCUT2D eigenvalue weighted by Crippen LogP contribution is 2.40. The molecule has 2 atom stereocenters. The highest BCUT2D eigenvalue weighted by Gasteiger charge is 2.36. The first kappa shape index (κ1) is 32.2. The molecule has 41 heavy (non-hydrogen) atoms. The molecule has 1 aliphatic carbocycles. The van der Waals surface area contributed by atoms with Gasteiger partial charge in [-0.15, -0.1) is 0 Å². The van der Waals surface area contributed by atoms with Crippen LogP contribution in [0.3, 0.4) is 0 Å². The molecule has 0 spiro atoms. The molecule has 226 valence electrons. The van der Waals surface area contributed by atoms with Gasteiger partial charge in [0.15, 0.2) is 0 Å². The quantitative estimate of drug-likeness (QED) is 0.316. The summed E-state index contributed by atoms with van der Waals surface area (Å²) < 4.78 is 47.2. The van der Waals surface area contributed by atoms with Gasteiger partial charge in [-0.25, -0.2) is 12.8 Å². The number of nitrogens with zero attached hydrogens (tertiary/aromatic N) is 2. The van der Waals surface area contributed by atoms with Crippen LogP contribution in [-0.2, 0) is 19.6 Å². The van der Waals surface area contributed by atoms with Crippen LogP contribution >= 0.6 is 23.2 Å². The Morgan fingerprint density at radius 3 is 2.54 bits per heavy atom. The molecule has 1 amide bonds. The zero-order valence-corrected chi connectivity index (χ0v) is 26.0. The van der Waals surface area contributed by atoms with Gasteiger partial charge in [-0.2, -0.15) is 4.31 Å². The standard InChI is InChI=1S/C30H40Cl2FN3O4S/c1-35(2)30(23-5-3-6-24(33)17-23)22-10-8-21(9-11-22)14-15-34-29(37)20-40-19-25-7-4-16-36(25)41(38,39)26-12-13-27(31)28(32)18-26/h3,5-6,12-13,17-18,21-22,25,30H,4,7-11,14-16,19-20H2,1-2H3,(H,34,37). The molecule has 1 N–H and O–H groups in total. The van der Waals surface area contributed by atoms with Crippen LogP contribution in [-0.4, -0.2) is 70.0 Å². The summed E-state index contributed by atoms with van der Waals surface area (Å²) in [6.07, 6.45) is 6.61. The minimum absolute atomic E-state index is 0.0942. The van der Waals surface area contributed by atoms with Crippen LogP contribution in [0.25, 0.3) is 0 Å². The van der Waals surface area contributed by atoms with Gasteiger partial charge in [-0.3, -0.25) is 4.79 Å². The molecule has 1 aliphatic heterocycles. The van der Waals surface area contributed by atoms with Gasteiger partial charge in [0, 0.05) is 25.2 Å². The summed E-state index contributed by atoms with van der Waals surface area (Å²) in [4.78, 5) is 14.7. The number of nitrogens with one attached hydrogen (secondary N) is 1. The van der Waals surface area contributed by atoms with E-state index in [4.69, 9.17) is 27.9 Å². The number of ether oxygens (including phenoxy) is 1. The number of amides is 1. The molecule has 0 bridgehead atoms. The average Bonchev–Trinajstić information content (AvgIpc) is 3.41. The Kier molecular flexibility index (Phi) is 11.5. The van der Waals surface area contributed by atoms with Crippen LogP contribution < -0.4 is 5.32 Å². The van der Waals surface area contributed by atoms with Crippen molar-refractivity contribution in [3.8, 4) is 0 Å². The average molecular weight is 629 g/mol. The normalized spacial score (nSPS) is 22.6. The topological polar surface area (TPSA) is 79.0 Å². The molecule has 0 aromatic heterocycles. The van der Waals surface area contributed by atoms with E-state index < -0.39 is 10.0 Å². The molecule has 2 unspecified atom stereocenters. The Balaban J connectivity index is 1.16. The second-order valence-corrected chi connectivity index (χ2v) is 14.1. The molecule has 11 heteroatoms. The summed E-state index contributed by atoms with van der Waals surface area (Å²) >= 11 is 12.0. The third-order valence-corrected chi connectivity index (χ3v) is 11.0. The van der Waals surface area contributed by atoms with Crippen molar-refractivity contribution in [3.63, 3.8) is 0 Å². The second-order valence-electron chi connectivity index (χ2n) is 11.4. The summed E-state index contributed by atoms with van der Waals surface area (Å²) in [6.45, 7) is 1.01. The van der Waals surface area contributed by atoms with Crippen molar-refractivity contribution in [1.29, 1.82) is 0 Å². The summed E-state index contributed by atoms with van der Waals surface area (Å²) in [5.74, 6) is 0.620. The number of hydrogen-bond acceptors (Lipinski definition) is 5. The Morgan fingerprint density at radius 2 is 1.85 bits per heavy atom. The maximum Gasteiger partial charge on any atom is 0.245 e. The predicted octanol–water partition coefficient (Wildman–Crippen LogP) is 5.92. The summed E-state index contributed by atoms with van der Waals surface area (Å²) in [7, 11) is 0.361. The van der Waals surface area contributed by atoms with Crippen molar-refractivity contribution in [2.24, 2.45) is 11.8 Å². The van der Waals surface area contributed by atoms with E-state index in [1.54, 1.807) is 12.1 Å². The van der Waals surface area contributed by atoms with Crippen molar-refractivity contribution in [2.45, 2.75) is 61.9 Å². The van der Waals surface area contributed by atoms with E-state index in [-0.39, 0.29) is 46.9 Å². The molecule has 1 heterocycles. The van der Waals surface area contributed by atoms with Crippen LogP contribution in [0.15, 0.2) is 47.4 Å². The van der Waals surface area contributed by atoms with Gasteiger partial charge in [0.05, 0.1) is 21.5 Å². The third kappa shape index (κ3) is 8.42. The molecule has 2 aromatic carbocycles. The molecule has 2 fully saturated rings. The Bertz CT molecular complexity index is 1290. The van der Waals surface area contributed by atoms with Crippen molar-refractivity contribution in [1.82, 2.24) is 14.5 Å². The van der Waals surface area contributed by atoms with Gasteiger partial charge in [0.1, 0.15) is 12.4 Å². The van der Waals surface area contributed by atoms with Gasteiger partial charge < -0.3 is 15.0 Å².